The lowest BCUT2D eigenvalue weighted by Gasteiger charge is -2.11. The molecule has 2 rings (SSSR count). The van der Waals surface area contributed by atoms with Gasteiger partial charge in [0.15, 0.2) is 0 Å². The molecule has 2 N–H and O–H groups in total. The summed E-state index contributed by atoms with van der Waals surface area (Å²) in [4.78, 5) is 14.5. The predicted molar refractivity (Wildman–Crippen MR) is 84.5 cm³/mol. The van der Waals surface area contributed by atoms with Gasteiger partial charge in [0.2, 0.25) is 0 Å². The second kappa shape index (κ2) is 6.65. The van der Waals surface area contributed by atoms with Crippen molar-refractivity contribution in [2.75, 3.05) is 17.2 Å². The molecule has 0 bridgehead atoms. The van der Waals surface area contributed by atoms with E-state index in [1.165, 1.54) is 4.88 Å². The first-order valence-corrected chi connectivity index (χ1v) is 7.68. The molecule has 0 aromatic carbocycles. The number of nitrogens with zero attached hydrogens (tertiary/aromatic N) is 3. The lowest BCUT2D eigenvalue weighted by molar-refractivity contribution is 0.775. The topological polar surface area (TPSA) is 62.7 Å². The van der Waals surface area contributed by atoms with E-state index >= 15 is 0 Å². The van der Waals surface area contributed by atoms with Crippen molar-refractivity contribution < 1.29 is 0 Å². The Morgan fingerprint density at radius 2 is 1.90 bits per heavy atom. The molecule has 0 aliphatic heterocycles. The molecule has 20 heavy (non-hydrogen) atoms. The first kappa shape index (κ1) is 14.7. The summed E-state index contributed by atoms with van der Waals surface area (Å²) in [5.74, 6) is 2.88. The van der Waals surface area contributed by atoms with Gasteiger partial charge in [0.05, 0.1) is 11.6 Å². The van der Waals surface area contributed by atoms with Crippen LogP contribution in [0.4, 0.5) is 11.6 Å². The van der Waals surface area contributed by atoms with Gasteiger partial charge in [-0.25, -0.2) is 15.0 Å². The number of aromatic nitrogens is 3. The SMILES string of the molecule is CCNc1cc(NCc2cnc(C)s2)nc(C(C)C)n1. The predicted octanol–water partition coefficient (Wildman–Crippen LogP) is 3.41. The summed E-state index contributed by atoms with van der Waals surface area (Å²) in [6.07, 6.45) is 1.91. The van der Waals surface area contributed by atoms with Crippen LogP contribution < -0.4 is 10.6 Å². The smallest absolute Gasteiger partial charge is 0.135 e. The lowest BCUT2D eigenvalue weighted by Crippen LogP contribution is -2.08. The molecule has 5 nitrogen and oxygen atoms in total. The standard InChI is InChI=1S/C14H21N5S/c1-5-15-12-6-13(19-14(18-12)9(2)3)17-8-11-7-16-10(4)20-11/h6-7,9H,5,8H2,1-4H3,(H2,15,17,18,19). The van der Waals surface area contributed by atoms with Gasteiger partial charge >= 0.3 is 0 Å². The molecule has 0 saturated carbocycles. The second-order valence-corrected chi connectivity index (χ2v) is 6.20. The van der Waals surface area contributed by atoms with Crippen LogP contribution in [-0.2, 0) is 6.54 Å². The molecule has 0 aliphatic rings. The van der Waals surface area contributed by atoms with Gasteiger partial charge in [0, 0.05) is 29.6 Å². The number of nitrogens with one attached hydrogen (secondary N) is 2. The highest BCUT2D eigenvalue weighted by Gasteiger charge is 2.08. The Morgan fingerprint density at radius 3 is 2.45 bits per heavy atom. The molecule has 6 heteroatoms. The quantitative estimate of drug-likeness (QED) is 0.854. The molecule has 0 unspecified atom stereocenters. The number of hydrogen-bond acceptors (Lipinski definition) is 6. The largest absolute Gasteiger partial charge is 0.370 e. The third kappa shape index (κ3) is 3.90. The van der Waals surface area contributed by atoms with Crippen molar-refractivity contribution in [3.05, 3.63) is 28.0 Å². The number of rotatable bonds is 6. The Hall–Kier alpha value is -1.69. The van der Waals surface area contributed by atoms with Crippen molar-refractivity contribution in [1.29, 1.82) is 0 Å². The van der Waals surface area contributed by atoms with Crippen LogP contribution in [0.1, 0.15) is 42.4 Å². The van der Waals surface area contributed by atoms with Crippen LogP contribution >= 0.6 is 11.3 Å². The maximum Gasteiger partial charge on any atom is 0.135 e. The molecular formula is C14H21N5S. The Bertz CT molecular complexity index is 564. The molecule has 2 aromatic rings. The minimum atomic E-state index is 0.305. The van der Waals surface area contributed by atoms with Crippen molar-refractivity contribution in [3.63, 3.8) is 0 Å². The molecule has 0 aliphatic carbocycles. The monoisotopic (exact) mass is 291 g/mol. The van der Waals surface area contributed by atoms with E-state index in [-0.39, 0.29) is 0 Å². The molecule has 0 fully saturated rings. The van der Waals surface area contributed by atoms with Crippen molar-refractivity contribution in [2.24, 2.45) is 0 Å². The summed E-state index contributed by atoms with van der Waals surface area (Å²) in [7, 11) is 0. The molecule has 2 aromatic heterocycles. The fourth-order valence-electron chi connectivity index (χ4n) is 1.75. The average Bonchev–Trinajstić information content (AvgIpc) is 2.82. The fourth-order valence-corrected chi connectivity index (χ4v) is 2.49. The van der Waals surface area contributed by atoms with E-state index in [0.29, 0.717) is 5.92 Å². The first-order valence-electron chi connectivity index (χ1n) is 6.86. The Morgan fingerprint density at radius 1 is 1.20 bits per heavy atom. The van der Waals surface area contributed by atoms with Gasteiger partial charge in [-0.3, -0.25) is 0 Å². The molecule has 2 heterocycles. The van der Waals surface area contributed by atoms with E-state index < -0.39 is 0 Å². The van der Waals surface area contributed by atoms with E-state index in [1.807, 2.05) is 19.2 Å². The Labute approximate surface area is 123 Å². The second-order valence-electron chi connectivity index (χ2n) is 4.88. The Balaban J connectivity index is 2.13. The maximum absolute atomic E-state index is 4.56. The molecule has 0 radical (unpaired) electrons. The van der Waals surface area contributed by atoms with Crippen LogP contribution in [0.5, 0.6) is 0 Å². The number of hydrogen-bond donors (Lipinski definition) is 2. The van der Waals surface area contributed by atoms with E-state index in [9.17, 15) is 0 Å². The van der Waals surface area contributed by atoms with E-state index in [1.54, 1.807) is 11.3 Å². The summed E-state index contributed by atoms with van der Waals surface area (Å²) in [6.45, 7) is 9.86. The van der Waals surface area contributed by atoms with Gasteiger partial charge in [0.1, 0.15) is 17.5 Å². The van der Waals surface area contributed by atoms with Gasteiger partial charge < -0.3 is 10.6 Å². The summed E-state index contributed by atoms with van der Waals surface area (Å²) in [5, 5.41) is 7.68. The van der Waals surface area contributed by atoms with Gasteiger partial charge in [-0.2, -0.15) is 0 Å². The average molecular weight is 291 g/mol. The van der Waals surface area contributed by atoms with E-state index in [0.717, 1.165) is 35.6 Å². The molecule has 0 spiro atoms. The zero-order valence-electron chi connectivity index (χ0n) is 12.4. The Kier molecular flexibility index (Phi) is 4.89. The summed E-state index contributed by atoms with van der Waals surface area (Å²) in [6, 6.07) is 1.95. The molecule has 0 amide bonds. The highest BCUT2D eigenvalue weighted by atomic mass is 32.1. The van der Waals surface area contributed by atoms with Crippen LogP contribution in [0.15, 0.2) is 12.3 Å². The van der Waals surface area contributed by atoms with Crippen LogP contribution in [0.25, 0.3) is 0 Å². The summed E-state index contributed by atoms with van der Waals surface area (Å²) in [5.41, 5.74) is 0. The van der Waals surface area contributed by atoms with Crippen molar-refractivity contribution in [1.82, 2.24) is 15.0 Å². The molecule has 0 atom stereocenters. The highest BCUT2D eigenvalue weighted by Crippen LogP contribution is 2.18. The van der Waals surface area contributed by atoms with Crippen molar-refractivity contribution in [2.45, 2.75) is 40.2 Å². The third-order valence-electron chi connectivity index (χ3n) is 2.73. The van der Waals surface area contributed by atoms with Gasteiger partial charge in [-0.15, -0.1) is 11.3 Å². The van der Waals surface area contributed by atoms with Gasteiger partial charge in [-0.1, -0.05) is 13.8 Å². The van der Waals surface area contributed by atoms with E-state index in [2.05, 4.69) is 46.4 Å². The van der Waals surface area contributed by atoms with Crippen LogP contribution in [0, 0.1) is 6.92 Å². The lowest BCUT2D eigenvalue weighted by atomic mass is 10.2. The molecule has 0 saturated heterocycles. The van der Waals surface area contributed by atoms with Gasteiger partial charge in [-0.05, 0) is 13.8 Å². The zero-order chi connectivity index (χ0) is 14.5. The fraction of sp³-hybridized carbons (Fsp3) is 0.500. The maximum atomic E-state index is 4.56. The van der Waals surface area contributed by atoms with Crippen LogP contribution in [0.3, 0.4) is 0 Å². The summed E-state index contributed by atoms with van der Waals surface area (Å²) >= 11 is 1.70. The number of anilines is 2. The molecule has 108 valence electrons. The highest BCUT2D eigenvalue weighted by molar-refractivity contribution is 7.11. The minimum absolute atomic E-state index is 0.305. The van der Waals surface area contributed by atoms with Crippen molar-refractivity contribution in [3.8, 4) is 0 Å². The number of aryl methyl sites for hydroxylation is 1. The minimum Gasteiger partial charge on any atom is -0.370 e. The van der Waals surface area contributed by atoms with Crippen LogP contribution in [0.2, 0.25) is 0 Å². The first-order chi connectivity index (χ1) is 9.58. The zero-order valence-corrected chi connectivity index (χ0v) is 13.2. The van der Waals surface area contributed by atoms with Crippen molar-refractivity contribution >= 4 is 23.0 Å². The van der Waals surface area contributed by atoms with Crippen LogP contribution in [-0.4, -0.2) is 21.5 Å². The van der Waals surface area contributed by atoms with E-state index in [4.69, 9.17) is 0 Å². The van der Waals surface area contributed by atoms with Gasteiger partial charge in [0.25, 0.3) is 0 Å². The summed E-state index contributed by atoms with van der Waals surface area (Å²) < 4.78 is 0. The number of thiazole rings is 1. The normalized spacial score (nSPS) is 10.8. The third-order valence-corrected chi connectivity index (χ3v) is 3.64. The molecular weight excluding hydrogens is 270 g/mol.